The average molecular weight is 279 g/mol. The van der Waals surface area contributed by atoms with Crippen LogP contribution in [0.3, 0.4) is 0 Å². The van der Waals surface area contributed by atoms with E-state index in [2.05, 4.69) is 24.8 Å². The molecule has 0 aromatic heterocycles. The molecule has 2 atom stereocenters. The fourth-order valence-electron chi connectivity index (χ4n) is 2.57. The van der Waals surface area contributed by atoms with Crippen LogP contribution in [-0.4, -0.2) is 33.2 Å². The molecule has 2 aliphatic rings. The number of rotatable bonds is 1. The third-order valence-electron chi connectivity index (χ3n) is 3.62. The smallest absolute Gasteiger partial charge is 0.252 e. The summed E-state index contributed by atoms with van der Waals surface area (Å²) in [6, 6.07) is 1.99. The zero-order valence-electron chi connectivity index (χ0n) is 10.8. The average Bonchev–Trinajstić information content (AvgIpc) is 2.93. The van der Waals surface area contributed by atoms with Crippen LogP contribution in [0.5, 0.6) is 0 Å². The zero-order valence-corrected chi connectivity index (χ0v) is 12.4. The van der Waals surface area contributed by atoms with Gasteiger partial charge in [-0.1, -0.05) is 25.6 Å². The number of nitriles is 1. The molecule has 18 heavy (non-hydrogen) atoms. The number of nitrogens with zero attached hydrogens (tertiary/aromatic N) is 3. The van der Waals surface area contributed by atoms with Gasteiger partial charge in [0, 0.05) is 11.0 Å². The molecule has 94 valence electrons. The van der Waals surface area contributed by atoms with Gasteiger partial charge in [-0.2, -0.15) is 5.26 Å². The SMILES string of the molecule is CSC1=N[N+](C(=C=N)C#N)=C(SC)C2C1C2(C)C. The summed E-state index contributed by atoms with van der Waals surface area (Å²) in [6.07, 6.45) is 4.00. The fraction of sp³-hybridized carbons (Fsp3) is 0.583. The van der Waals surface area contributed by atoms with Crippen molar-refractivity contribution in [1.82, 2.24) is 0 Å². The lowest BCUT2D eigenvalue weighted by atomic mass is 10.1. The standard InChI is InChI=1S/C12H15N4S2/c1-12(2)8-9(12)11(18-4)16(7(5-13)6-14)15-10(8)17-3/h8-9,13H,1-4H3/q+1. The van der Waals surface area contributed by atoms with Gasteiger partial charge in [0.15, 0.2) is 6.07 Å². The van der Waals surface area contributed by atoms with Gasteiger partial charge in [-0.3, -0.25) is 5.41 Å². The maximum atomic E-state index is 9.07. The predicted octanol–water partition coefficient (Wildman–Crippen LogP) is 2.38. The van der Waals surface area contributed by atoms with Crippen molar-refractivity contribution in [2.75, 3.05) is 12.5 Å². The number of fused-ring (bicyclic) bond motifs is 1. The Morgan fingerprint density at radius 2 is 2.06 bits per heavy atom. The van der Waals surface area contributed by atoms with Crippen LogP contribution in [0, 0.1) is 34.0 Å². The molecule has 1 aliphatic heterocycles. The van der Waals surface area contributed by atoms with Crippen molar-refractivity contribution in [3.63, 3.8) is 0 Å². The third kappa shape index (κ3) is 1.74. The van der Waals surface area contributed by atoms with E-state index in [1.807, 2.05) is 18.6 Å². The summed E-state index contributed by atoms with van der Waals surface area (Å²) in [5.74, 6) is 3.04. The summed E-state index contributed by atoms with van der Waals surface area (Å²) in [4.78, 5) is 0. The Morgan fingerprint density at radius 1 is 1.39 bits per heavy atom. The van der Waals surface area contributed by atoms with E-state index in [4.69, 9.17) is 10.7 Å². The molecule has 1 saturated carbocycles. The minimum absolute atomic E-state index is 0.159. The fourth-order valence-corrected chi connectivity index (χ4v) is 4.43. The highest BCUT2D eigenvalue weighted by atomic mass is 32.2. The maximum absolute atomic E-state index is 9.07. The quantitative estimate of drug-likeness (QED) is 0.455. The number of nitrogens with one attached hydrogen (secondary N) is 1. The van der Waals surface area contributed by atoms with Crippen LogP contribution in [0.4, 0.5) is 0 Å². The molecule has 4 nitrogen and oxygen atoms in total. The van der Waals surface area contributed by atoms with E-state index in [1.165, 1.54) is 0 Å². The first kappa shape index (κ1) is 13.4. The van der Waals surface area contributed by atoms with Crippen molar-refractivity contribution < 1.29 is 4.68 Å². The Bertz CT molecular complexity index is 547. The molecule has 6 heteroatoms. The highest BCUT2D eigenvalue weighted by Crippen LogP contribution is 2.63. The molecular formula is C12H15N4S2+. The minimum atomic E-state index is 0.159. The Hall–Kier alpha value is -1.02. The molecule has 2 rings (SSSR count). The second-order valence-corrected chi connectivity index (χ2v) is 6.51. The summed E-state index contributed by atoms with van der Waals surface area (Å²) in [5.41, 5.74) is 0.351. The highest BCUT2D eigenvalue weighted by molar-refractivity contribution is 8.14. The van der Waals surface area contributed by atoms with Crippen LogP contribution in [0.15, 0.2) is 10.8 Å². The van der Waals surface area contributed by atoms with Crippen LogP contribution in [-0.2, 0) is 0 Å². The molecule has 0 aromatic rings. The maximum Gasteiger partial charge on any atom is 0.377 e. The summed E-state index contributed by atoms with van der Waals surface area (Å²) < 4.78 is 1.60. The topological polar surface area (TPSA) is 63.0 Å². The van der Waals surface area contributed by atoms with Gasteiger partial charge in [0.25, 0.3) is 5.04 Å². The first-order chi connectivity index (χ1) is 8.52. The second kappa shape index (κ2) is 4.58. The Kier molecular flexibility index (Phi) is 3.41. The molecule has 0 spiro atoms. The summed E-state index contributed by atoms with van der Waals surface area (Å²) in [6.45, 7) is 4.46. The van der Waals surface area contributed by atoms with Gasteiger partial charge in [0.05, 0.1) is 11.8 Å². The number of allylic oxidation sites excluding steroid dienone is 1. The lowest BCUT2D eigenvalue weighted by molar-refractivity contribution is -0.473. The van der Waals surface area contributed by atoms with Gasteiger partial charge in [-0.05, 0) is 22.6 Å². The Balaban J connectivity index is 2.59. The van der Waals surface area contributed by atoms with Crippen LogP contribution in [0.1, 0.15) is 13.8 Å². The number of hydrogen-bond acceptors (Lipinski definition) is 5. The monoisotopic (exact) mass is 279 g/mol. The van der Waals surface area contributed by atoms with E-state index >= 15 is 0 Å². The van der Waals surface area contributed by atoms with Gasteiger partial charge in [-0.15, -0.1) is 11.8 Å². The van der Waals surface area contributed by atoms with Crippen molar-refractivity contribution in [1.29, 1.82) is 10.7 Å². The molecule has 1 heterocycles. The number of hydrogen-bond donors (Lipinski definition) is 1. The normalized spacial score (nSPS) is 27.8. The second-order valence-electron chi connectivity index (χ2n) is 4.86. The molecule has 1 aliphatic carbocycles. The molecule has 0 bridgehead atoms. The number of thioether (sulfide) groups is 2. The molecule has 0 amide bonds. The third-order valence-corrected chi connectivity index (χ3v) is 5.22. The van der Waals surface area contributed by atoms with E-state index in [0.29, 0.717) is 11.8 Å². The van der Waals surface area contributed by atoms with E-state index in [-0.39, 0.29) is 11.1 Å². The molecule has 0 saturated heterocycles. The zero-order chi connectivity index (χ0) is 13.5. The van der Waals surface area contributed by atoms with E-state index in [1.54, 1.807) is 28.2 Å². The first-order valence-electron chi connectivity index (χ1n) is 5.56. The van der Waals surface area contributed by atoms with E-state index in [0.717, 1.165) is 10.1 Å². The van der Waals surface area contributed by atoms with Gasteiger partial charge in [-0.25, -0.2) is 0 Å². The minimum Gasteiger partial charge on any atom is -0.252 e. The van der Waals surface area contributed by atoms with Gasteiger partial charge >= 0.3 is 5.70 Å². The molecule has 1 N–H and O–H groups in total. The van der Waals surface area contributed by atoms with Crippen molar-refractivity contribution in [3.8, 4) is 6.07 Å². The van der Waals surface area contributed by atoms with Crippen molar-refractivity contribution in [2.24, 2.45) is 22.4 Å². The highest BCUT2D eigenvalue weighted by Gasteiger charge is 2.68. The van der Waals surface area contributed by atoms with E-state index < -0.39 is 0 Å². The lowest BCUT2D eigenvalue weighted by Gasteiger charge is -2.06. The van der Waals surface area contributed by atoms with Crippen LogP contribution < -0.4 is 0 Å². The van der Waals surface area contributed by atoms with Gasteiger partial charge in [0.1, 0.15) is 5.04 Å². The predicted molar refractivity (Wildman–Crippen MR) is 77.3 cm³/mol. The summed E-state index contributed by atoms with van der Waals surface area (Å²) in [7, 11) is 0. The van der Waals surface area contributed by atoms with Crippen LogP contribution in [0.25, 0.3) is 0 Å². The molecule has 1 fully saturated rings. The van der Waals surface area contributed by atoms with Crippen molar-refractivity contribution in [3.05, 3.63) is 5.70 Å². The lowest BCUT2D eigenvalue weighted by Crippen LogP contribution is -2.23. The Morgan fingerprint density at radius 3 is 2.50 bits per heavy atom. The van der Waals surface area contributed by atoms with E-state index in [9.17, 15) is 0 Å². The van der Waals surface area contributed by atoms with Crippen LogP contribution in [0.2, 0.25) is 0 Å². The van der Waals surface area contributed by atoms with Gasteiger partial charge < -0.3 is 0 Å². The largest absolute Gasteiger partial charge is 0.377 e. The first-order valence-corrected chi connectivity index (χ1v) is 8.01. The van der Waals surface area contributed by atoms with Gasteiger partial charge in [0.2, 0.25) is 0 Å². The molecule has 2 unspecified atom stereocenters. The number of hydrazone groups is 1. The summed E-state index contributed by atoms with van der Waals surface area (Å²) >= 11 is 3.23. The van der Waals surface area contributed by atoms with Crippen molar-refractivity contribution in [2.45, 2.75) is 13.8 Å². The molecular weight excluding hydrogens is 264 g/mol. The summed E-state index contributed by atoms with van der Waals surface area (Å²) in [5, 5.41) is 22.9. The molecule has 0 aromatic carbocycles. The van der Waals surface area contributed by atoms with Crippen LogP contribution >= 0.6 is 23.5 Å². The molecule has 0 radical (unpaired) electrons. The van der Waals surface area contributed by atoms with Crippen molar-refractivity contribution >= 4 is 39.5 Å². The Labute approximate surface area is 115 Å².